The molecule has 23 heavy (non-hydrogen) atoms. The van der Waals surface area contributed by atoms with Crippen molar-refractivity contribution in [3.63, 3.8) is 0 Å². The van der Waals surface area contributed by atoms with Crippen LogP contribution in [0.1, 0.15) is 36.3 Å². The summed E-state index contributed by atoms with van der Waals surface area (Å²) in [4.78, 5) is 18.9. The normalized spacial score (nSPS) is 20.5. The topological polar surface area (TPSA) is 72.4 Å². The van der Waals surface area contributed by atoms with Gasteiger partial charge in [0.2, 0.25) is 0 Å². The quantitative estimate of drug-likeness (QED) is 0.925. The summed E-state index contributed by atoms with van der Waals surface area (Å²) < 4.78 is 5.49. The molecular weight excluding hydrogens is 290 g/mol. The van der Waals surface area contributed by atoms with E-state index in [0.717, 1.165) is 17.5 Å². The highest BCUT2D eigenvalue weighted by molar-refractivity contribution is 5.97. The number of aryl methyl sites for hydroxylation is 1. The molecule has 0 aliphatic carbocycles. The minimum atomic E-state index is -0.0956. The van der Waals surface area contributed by atoms with Gasteiger partial charge in [-0.25, -0.2) is 4.98 Å². The molecule has 1 amide bonds. The smallest absolute Gasteiger partial charge is 0.276 e. The zero-order valence-electron chi connectivity index (χ0n) is 13.9. The zero-order chi connectivity index (χ0) is 16.6. The van der Waals surface area contributed by atoms with E-state index in [1.807, 2.05) is 36.1 Å². The van der Waals surface area contributed by atoms with Crippen LogP contribution in [0.2, 0.25) is 0 Å². The summed E-state index contributed by atoms with van der Waals surface area (Å²) in [5.74, 6) is 0.442. The van der Waals surface area contributed by atoms with Crippen LogP contribution >= 0.6 is 0 Å². The molecule has 122 valence electrons. The third-order valence-electron chi connectivity index (χ3n) is 4.68. The molecule has 1 aromatic heterocycles. The van der Waals surface area contributed by atoms with Gasteiger partial charge in [0.1, 0.15) is 0 Å². The lowest BCUT2D eigenvalue weighted by atomic mass is 9.79. The molecule has 1 atom stereocenters. The van der Waals surface area contributed by atoms with Gasteiger partial charge < -0.3 is 15.1 Å². The highest BCUT2D eigenvalue weighted by Gasteiger charge is 2.37. The first-order valence-corrected chi connectivity index (χ1v) is 7.94. The number of amides is 1. The lowest BCUT2D eigenvalue weighted by Crippen LogP contribution is -2.54. The van der Waals surface area contributed by atoms with E-state index in [-0.39, 0.29) is 17.4 Å². The SMILES string of the molecule is Cc1ccc(-c2ocnc2C(=O)N2CCC(N)C(C)(C)C2)cc1. The Bertz CT molecular complexity index is 703. The van der Waals surface area contributed by atoms with Crippen molar-refractivity contribution in [3.05, 3.63) is 41.9 Å². The summed E-state index contributed by atoms with van der Waals surface area (Å²) in [5.41, 5.74) is 8.46. The van der Waals surface area contributed by atoms with Gasteiger partial charge in [-0.1, -0.05) is 43.7 Å². The van der Waals surface area contributed by atoms with Crippen molar-refractivity contribution in [2.45, 2.75) is 33.2 Å². The third kappa shape index (κ3) is 3.01. The molecule has 2 heterocycles. The van der Waals surface area contributed by atoms with Crippen LogP contribution < -0.4 is 5.73 Å². The minimum absolute atomic E-state index is 0.0886. The second-order valence-electron chi connectivity index (χ2n) is 7.01. The van der Waals surface area contributed by atoms with Crippen LogP contribution in [0.5, 0.6) is 0 Å². The van der Waals surface area contributed by atoms with Crippen LogP contribution in [-0.4, -0.2) is 34.9 Å². The number of nitrogens with two attached hydrogens (primary N) is 1. The largest absolute Gasteiger partial charge is 0.443 e. The van der Waals surface area contributed by atoms with Gasteiger partial charge in [0, 0.05) is 24.7 Å². The molecule has 0 radical (unpaired) electrons. The summed E-state index contributed by atoms with van der Waals surface area (Å²) in [6.07, 6.45) is 2.14. The average Bonchev–Trinajstić information content (AvgIpc) is 2.99. The molecule has 1 fully saturated rings. The molecule has 1 aliphatic heterocycles. The maximum atomic E-state index is 12.9. The average molecular weight is 313 g/mol. The Hall–Kier alpha value is -2.14. The number of carbonyl (C=O) groups excluding carboxylic acids is 1. The molecule has 0 saturated carbocycles. The monoisotopic (exact) mass is 313 g/mol. The second-order valence-corrected chi connectivity index (χ2v) is 7.01. The Kier molecular flexibility index (Phi) is 3.98. The molecule has 2 N–H and O–H groups in total. The molecule has 3 rings (SSSR count). The van der Waals surface area contributed by atoms with E-state index in [4.69, 9.17) is 10.2 Å². The number of hydrogen-bond acceptors (Lipinski definition) is 4. The molecule has 1 unspecified atom stereocenters. The molecule has 1 aromatic carbocycles. The lowest BCUT2D eigenvalue weighted by Gasteiger charge is -2.42. The second kappa shape index (κ2) is 5.81. The Morgan fingerprint density at radius 2 is 2.04 bits per heavy atom. The molecular formula is C18H23N3O2. The number of carbonyl (C=O) groups is 1. The number of piperidine rings is 1. The van der Waals surface area contributed by atoms with Crippen LogP contribution in [0.15, 0.2) is 35.1 Å². The van der Waals surface area contributed by atoms with Crippen molar-refractivity contribution >= 4 is 5.91 Å². The fraction of sp³-hybridized carbons (Fsp3) is 0.444. The standard InChI is InChI=1S/C18H23N3O2/c1-12-4-6-13(7-5-12)16-15(20-11-23-16)17(22)21-9-8-14(19)18(2,3)10-21/h4-7,11,14H,8-10,19H2,1-3H3. The highest BCUT2D eigenvalue weighted by Crippen LogP contribution is 2.30. The van der Waals surface area contributed by atoms with E-state index < -0.39 is 0 Å². The molecule has 0 bridgehead atoms. The number of likely N-dealkylation sites (tertiary alicyclic amines) is 1. The summed E-state index contributed by atoms with van der Waals surface area (Å²) in [7, 11) is 0. The predicted molar refractivity (Wildman–Crippen MR) is 89.0 cm³/mol. The summed E-state index contributed by atoms with van der Waals surface area (Å²) >= 11 is 0. The van der Waals surface area contributed by atoms with E-state index >= 15 is 0 Å². The van der Waals surface area contributed by atoms with Crippen molar-refractivity contribution < 1.29 is 9.21 Å². The Morgan fingerprint density at radius 1 is 1.35 bits per heavy atom. The molecule has 0 spiro atoms. The number of rotatable bonds is 2. The fourth-order valence-corrected chi connectivity index (χ4v) is 3.01. The van der Waals surface area contributed by atoms with Crippen molar-refractivity contribution in [1.29, 1.82) is 0 Å². The van der Waals surface area contributed by atoms with Gasteiger partial charge in [-0.05, 0) is 18.8 Å². The van der Waals surface area contributed by atoms with Crippen LogP contribution in [-0.2, 0) is 0 Å². The predicted octanol–water partition coefficient (Wildman–Crippen LogP) is 2.85. The van der Waals surface area contributed by atoms with E-state index in [9.17, 15) is 4.79 Å². The minimum Gasteiger partial charge on any atom is -0.443 e. The van der Waals surface area contributed by atoms with Gasteiger partial charge in [0.15, 0.2) is 17.8 Å². The van der Waals surface area contributed by atoms with Gasteiger partial charge in [-0.15, -0.1) is 0 Å². The van der Waals surface area contributed by atoms with Gasteiger partial charge in [-0.2, -0.15) is 0 Å². The molecule has 5 heteroatoms. The fourth-order valence-electron chi connectivity index (χ4n) is 3.01. The molecule has 1 aliphatic rings. The van der Waals surface area contributed by atoms with Crippen LogP contribution in [0.3, 0.4) is 0 Å². The van der Waals surface area contributed by atoms with Crippen molar-refractivity contribution in [2.24, 2.45) is 11.1 Å². The summed E-state index contributed by atoms with van der Waals surface area (Å²) in [6, 6.07) is 8.00. The Labute approximate surface area is 136 Å². The van der Waals surface area contributed by atoms with Crippen LogP contribution in [0.25, 0.3) is 11.3 Å². The van der Waals surface area contributed by atoms with Crippen molar-refractivity contribution in [3.8, 4) is 11.3 Å². The van der Waals surface area contributed by atoms with Gasteiger partial charge in [-0.3, -0.25) is 4.79 Å². The highest BCUT2D eigenvalue weighted by atomic mass is 16.3. The van der Waals surface area contributed by atoms with Gasteiger partial charge in [0.25, 0.3) is 5.91 Å². The Balaban J connectivity index is 1.87. The van der Waals surface area contributed by atoms with Gasteiger partial charge in [0.05, 0.1) is 0 Å². The Morgan fingerprint density at radius 3 is 2.70 bits per heavy atom. The number of hydrogen-bond donors (Lipinski definition) is 1. The molecule has 1 saturated heterocycles. The van der Waals surface area contributed by atoms with Gasteiger partial charge >= 0.3 is 0 Å². The number of oxazole rings is 1. The number of aromatic nitrogens is 1. The van der Waals surface area contributed by atoms with Crippen molar-refractivity contribution in [1.82, 2.24) is 9.88 Å². The van der Waals surface area contributed by atoms with E-state index in [0.29, 0.717) is 24.5 Å². The first-order valence-electron chi connectivity index (χ1n) is 7.94. The van der Waals surface area contributed by atoms with Crippen LogP contribution in [0.4, 0.5) is 0 Å². The number of nitrogens with zero attached hydrogens (tertiary/aromatic N) is 2. The third-order valence-corrected chi connectivity index (χ3v) is 4.68. The first kappa shape index (κ1) is 15.7. The summed E-state index contributed by atoms with van der Waals surface area (Å²) in [6.45, 7) is 7.51. The van der Waals surface area contributed by atoms with Crippen LogP contribution in [0, 0.1) is 12.3 Å². The maximum absolute atomic E-state index is 12.9. The van der Waals surface area contributed by atoms with Crippen molar-refractivity contribution in [2.75, 3.05) is 13.1 Å². The molecule has 2 aromatic rings. The maximum Gasteiger partial charge on any atom is 0.276 e. The zero-order valence-corrected chi connectivity index (χ0v) is 13.9. The molecule has 5 nitrogen and oxygen atoms in total. The summed E-state index contributed by atoms with van der Waals surface area (Å²) in [5, 5.41) is 0. The van der Waals surface area contributed by atoms with E-state index in [1.54, 1.807) is 0 Å². The lowest BCUT2D eigenvalue weighted by molar-refractivity contribution is 0.0528. The van der Waals surface area contributed by atoms with E-state index in [1.165, 1.54) is 6.39 Å². The number of benzene rings is 1. The van der Waals surface area contributed by atoms with E-state index in [2.05, 4.69) is 18.8 Å². The first-order chi connectivity index (χ1) is 10.9.